The van der Waals surface area contributed by atoms with Crippen molar-refractivity contribution in [3.05, 3.63) is 58.2 Å². The average Bonchev–Trinajstić information content (AvgIpc) is 2.88. The normalized spacial score (nSPS) is 10.9. The van der Waals surface area contributed by atoms with Gasteiger partial charge in [0.2, 0.25) is 0 Å². The van der Waals surface area contributed by atoms with E-state index in [2.05, 4.69) is 4.98 Å². The van der Waals surface area contributed by atoms with Gasteiger partial charge in [-0.1, -0.05) is 53.5 Å². The molecule has 0 aliphatic heterocycles. The van der Waals surface area contributed by atoms with E-state index in [1.165, 1.54) is 0 Å². The van der Waals surface area contributed by atoms with E-state index >= 15 is 0 Å². The number of aromatic amines is 1. The third-order valence-corrected chi connectivity index (χ3v) is 3.87. The summed E-state index contributed by atoms with van der Waals surface area (Å²) in [6, 6.07) is 13.0. The van der Waals surface area contributed by atoms with Gasteiger partial charge in [-0.15, -0.1) is 0 Å². The van der Waals surface area contributed by atoms with Gasteiger partial charge in [-0.25, -0.2) is 4.79 Å². The van der Waals surface area contributed by atoms with Crippen LogP contribution in [0.2, 0.25) is 10.0 Å². The first-order valence-electron chi connectivity index (χ1n) is 6.85. The van der Waals surface area contributed by atoms with Crippen molar-refractivity contribution in [2.45, 2.75) is 6.92 Å². The van der Waals surface area contributed by atoms with E-state index in [0.29, 0.717) is 27.9 Å². The highest BCUT2D eigenvalue weighted by Gasteiger charge is 2.22. The third kappa shape index (κ3) is 2.58. The van der Waals surface area contributed by atoms with Crippen LogP contribution in [0.15, 0.2) is 42.5 Å². The first kappa shape index (κ1) is 14.9. The third-order valence-electron chi connectivity index (χ3n) is 3.36. The molecule has 0 saturated carbocycles. The molecule has 5 heteroatoms. The van der Waals surface area contributed by atoms with E-state index in [4.69, 9.17) is 27.9 Å². The van der Waals surface area contributed by atoms with Gasteiger partial charge < -0.3 is 9.72 Å². The molecule has 3 rings (SSSR count). The predicted octanol–water partition coefficient (Wildman–Crippen LogP) is 5.32. The zero-order valence-electron chi connectivity index (χ0n) is 11.8. The molecule has 0 amide bonds. The molecule has 1 N–H and O–H groups in total. The molecular formula is C17H13Cl2NO2. The smallest absolute Gasteiger partial charge is 0.355 e. The summed E-state index contributed by atoms with van der Waals surface area (Å²) in [7, 11) is 0. The molecule has 0 spiro atoms. The van der Waals surface area contributed by atoms with Crippen LogP contribution >= 0.6 is 23.2 Å². The first-order valence-corrected chi connectivity index (χ1v) is 7.60. The van der Waals surface area contributed by atoms with Crippen LogP contribution in [0.3, 0.4) is 0 Å². The van der Waals surface area contributed by atoms with Gasteiger partial charge in [0.05, 0.1) is 11.6 Å². The molecule has 3 nitrogen and oxygen atoms in total. The fourth-order valence-electron chi connectivity index (χ4n) is 2.50. The van der Waals surface area contributed by atoms with Crippen molar-refractivity contribution >= 4 is 40.1 Å². The second-order valence-electron chi connectivity index (χ2n) is 4.77. The Morgan fingerprint density at radius 3 is 2.59 bits per heavy atom. The van der Waals surface area contributed by atoms with E-state index in [1.54, 1.807) is 19.1 Å². The number of esters is 1. The van der Waals surface area contributed by atoms with E-state index in [-0.39, 0.29) is 0 Å². The number of halogens is 2. The summed E-state index contributed by atoms with van der Waals surface area (Å²) in [5, 5.41) is 1.77. The second-order valence-corrected chi connectivity index (χ2v) is 5.62. The van der Waals surface area contributed by atoms with Gasteiger partial charge >= 0.3 is 5.97 Å². The standard InChI is InChI=1S/C17H13Cl2NO2/c1-2-22-17(21)16-14(10-6-4-3-5-7-10)15-12(19)8-11(18)9-13(15)20-16/h3-9,20H,2H2,1H3. The van der Waals surface area contributed by atoms with Crippen LogP contribution in [-0.4, -0.2) is 17.6 Å². The molecule has 22 heavy (non-hydrogen) atoms. The van der Waals surface area contributed by atoms with Crippen molar-refractivity contribution in [2.24, 2.45) is 0 Å². The number of nitrogens with one attached hydrogen (secondary N) is 1. The minimum Gasteiger partial charge on any atom is -0.461 e. The predicted molar refractivity (Wildman–Crippen MR) is 89.7 cm³/mol. The Kier molecular flexibility index (Phi) is 4.10. The number of fused-ring (bicyclic) bond motifs is 1. The number of carbonyl (C=O) groups excluding carboxylic acids is 1. The van der Waals surface area contributed by atoms with Crippen LogP contribution in [0.25, 0.3) is 22.0 Å². The Bertz CT molecular complexity index is 841. The molecule has 0 saturated heterocycles. The van der Waals surface area contributed by atoms with Gasteiger partial charge in [0.1, 0.15) is 5.69 Å². The molecule has 112 valence electrons. The summed E-state index contributed by atoms with van der Waals surface area (Å²) in [5.41, 5.74) is 2.71. The average molecular weight is 334 g/mol. The minimum atomic E-state index is -0.412. The molecule has 0 atom stereocenters. The molecule has 3 aromatic rings. The van der Waals surface area contributed by atoms with Crippen LogP contribution in [0.5, 0.6) is 0 Å². The van der Waals surface area contributed by atoms with Gasteiger partial charge in [-0.05, 0) is 24.6 Å². The summed E-state index contributed by atoms with van der Waals surface area (Å²) >= 11 is 12.4. The molecule has 1 aromatic heterocycles. The Morgan fingerprint density at radius 2 is 1.91 bits per heavy atom. The van der Waals surface area contributed by atoms with E-state index in [0.717, 1.165) is 16.5 Å². The lowest BCUT2D eigenvalue weighted by Crippen LogP contribution is -2.06. The molecule has 2 aromatic carbocycles. The fraction of sp³-hybridized carbons (Fsp3) is 0.118. The maximum absolute atomic E-state index is 12.3. The molecule has 0 radical (unpaired) electrons. The summed E-state index contributed by atoms with van der Waals surface area (Å²) in [6.07, 6.45) is 0. The lowest BCUT2D eigenvalue weighted by molar-refractivity contribution is 0.0521. The molecule has 0 aliphatic carbocycles. The van der Waals surface area contributed by atoms with Gasteiger partial charge in [-0.2, -0.15) is 0 Å². The second kappa shape index (κ2) is 6.03. The van der Waals surface area contributed by atoms with Crippen LogP contribution in [0, 0.1) is 0 Å². The highest BCUT2D eigenvalue weighted by Crippen LogP contribution is 2.38. The monoisotopic (exact) mass is 333 g/mol. The Hall–Kier alpha value is -1.97. The maximum atomic E-state index is 12.3. The zero-order valence-corrected chi connectivity index (χ0v) is 13.3. The van der Waals surface area contributed by atoms with E-state index in [9.17, 15) is 4.79 Å². The lowest BCUT2D eigenvalue weighted by atomic mass is 10.0. The van der Waals surface area contributed by atoms with Crippen LogP contribution in [0.1, 0.15) is 17.4 Å². The molecule has 1 heterocycles. The van der Waals surface area contributed by atoms with Crippen LogP contribution in [-0.2, 0) is 4.74 Å². The molecule has 0 bridgehead atoms. The summed E-state index contributed by atoms with van der Waals surface area (Å²) < 4.78 is 5.14. The van der Waals surface area contributed by atoms with Gasteiger partial charge in [0.25, 0.3) is 0 Å². The van der Waals surface area contributed by atoms with Gasteiger partial charge in [0, 0.05) is 21.5 Å². The summed E-state index contributed by atoms with van der Waals surface area (Å²) in [4.78, 5) is 15.4. The fourth-order valence-corrected chi connectivity index (χ4v) is 3.09. The molecule has 0 unspecified atom stereocenters. The first-order chi connectivity index (χ1) is 10.6. The Labute approximate surface area is 137 Å². The van der Waals surface area contributed by atoms with E-state index < -0.39 is 5.97 Å². The number of aromatic nitrogens is 1. The SMILES string of the molecule is CCOC(=O)c1[nH]c2cc(Cl)cc(Cl)c2c1-c1ccccc1. The van der Waals surface area contributed by atoms with Crippen molar-refractivity contribution in [2.75, 3.05) is 6.61 Å². The number of rotatable bonds is 3. The van der Waals surface area contributed by atoms with Crippen LogP contribution < -0.4 is 0 Å². The van der Waals surface area contributed by atoms with Crippen molar-refractivity contribution < 1.29 is 9.53 Å². The molecule has 0 aliphatic rings. The zero-order chi connectivity index (χ0) is 15.7. The lowest BCUT2D eigenvalue weighted by Gasteiger charge is -2.05. The number of ether oxygens (including phenoxy) is 1. The van der Waals surface area contributed by atoms with Crippen molar-refractivity contribution in [3.63, 3.8) is 0 Å². The van der Waals surface area contributed by atoms with Crippen molar-refractivity contribution in [3.8, 4) is 11.1 Å². The number of H-pyrrole nitrogens is 1. The van der Waals surface area contributed by atoms with Crippen molar-refractivity contribution in [1.82, 2.24) is 4.98 Å². The number of hydrogen-bond acceptors (Lipinski definition) is 2. The Balaban J connectivity index is 2.35. The highest BCUT2D eigenvalue weighted by atomic mass is 35.5. The topological polar surface area (TPSA) is 42.1 Å². The minimum absolute atomic E-state index is 0.302. The largest absolute Gasteiger partial charge is 0.461 e. The Morgan fingerprint density at radius 1 is 1.18 bits per heavy atom. The quantitative estimate of drug-likeness (QED) is 0.659. The summed E-state index contributed by atoms with van der Waals surface area (Å²) in [6.45, 7) is 2.07. The van der Waals surface area contributed by atoms with Gasteiger partial charge in [-0.3, -0.25) is 0 Å². The number of hydrogen-bond donors (Lipinski definition) is 1. The maximum Gasteiger partial charge on any atom is 0.355 e. The molecule has 0 fully saturated rings. The summed E-state index contributed by atoms with van der Waals surface area (Å²) in [5.74, 6) is -0.412. The molecular weight excluding hydrogens is 321 g/mol. The van der Waals surface area contributed by atoms with Gasteiger partial charge in [0.15, 0.2) is 0 Å². The highest BCUT2D eigenvalue weighted by molar-refractivity contribution is 6.40. The number of benzene rings is 2. The van der Waals surface area contributed by atoms with E-state index in [1.807, 2.05) is 30.3 Å². The number of carbonyl (C=O) groups is 1. The van der Waals surface area contributed by atoms with Crippen molar-refractivity contribution in [1.29, 1.82) is 0 Å². The van der Waals surface area contributed by atoms with Crippen LogP contribution in [0.4, 0.5) is 0 Å².